The number of hydrogen-bond donors (Lipinski definition) is 0. The molecule has 1 atom stereocenters. The molecule has 0 radical (unpaired) electrons. The predicted octanol–water partition coefficient (Wildman–Crippen LogP) is 2.72. The fraction of sp³-hybridized carbons (Fsp3) is 0.737. The highest BCUT2D eigenvalue weighted by molar-refractivity contribution is 5.88. The Balaban J connectivity index is 1.73. The van der Waals surface area contributed by atoms with Crippen LogP contribution in [0.2, 0.25) is 0 Å². The van der Waals surface area contributed by atoms with Crippen LogP contribution in [0.4, 0.5) is 0 Å². The molecule has 130 valence electrons. The van der Waals surface area contributed by atoms with E-state index >= 15 is 0 Å². The third kappa shape index (κ3) is 2.63. The van der Waals surface area contributed by atoms with Crippen molar-refractivity contribution in [3.8, 4) is 0 Å². The summed E-state index contributed by atoms with van der Waals surface area (Å²) >= 11 is 0. The van der Waals surface area contributed by atoms with Gasteiger partial charge in [-0.1, -0.05) is 19.3 Å². The Labute approximate surface area is 144 Å². The number of nitrogens with zero attached hydrogens (tertiary/aromatic N) is 4. The summed E-state index contributed by atoms with van der Waals surface area (Å²) in [5.41, 5.74) is 0.297. The van der Waals surface area contributed by atoms with Gasteiger partial charge in [0.05, 0.1) is 11.9 Å². The molecule has 0 bridgehead atoms. The lowest BCUT2D eigenvalue weighted by Crippen LogP contribution is -2.57. The van der Waals surface area contributed by atoms with Crippen molar-refractivity contribution in [3.63, 3.8) is 0 Å². The van der Waals surface area contributed by atoms with E-state index in [2.05, 4.69) is 19.8 Å². The summed E-state index contributed by atoms with van der Waals surface area (Å²) in [6, 6.07) is 0.523. The van der Waals surface area contributed by atoms with Crippen molar-refractivity contribution in [1.29, 1.82) is 0 Å². The smallest absolute Gasteiger partial charge is 0.249 e. The largest absolute Gasteiger partial charge is 0.341 e. The lowest BCUT2D eigenvalue weighted by Gasteiger charge is -2.44. The zero-order chi connectivity index (χ0) is 16.4. The Kier molecular flexibility index (Phi) is 4.53. The summed E-state index contributed by atoms with van der Waals surface area (Å²) in [7, 11) is 0. The SMILES string of the molecule is O=C(N1CCCC1)C1(c2cnccn2)CCCN1C1CCCCC1. The molecule has 1 aromatic rings. The Hall–Kier alpha value is -1.49. The van der Waals surface area contributed by atoms with Crippen LogP contribution in [-0.2, 0) is 10.3 Å². The average molecular weight is 328 g/mol. The van der Waals surface area contributed by atoms with Crippen LogP contribution in [0.5, 0.6) is 0 Å². The van der Waals surface area contributed by atoms with E-state index in [0.29, 0.717) is 6.04 Å². The number of rotatable bonds is 3. The first-order valence-corrected chi connectivity index (χ1v) is 9.65. The van der Waals surface area contributed by atoms with Crippen LogP contribution in [0.3, 0.4) is 0 Å². The van der Waals surface area contributed by atoms with Gasteiger partial charge in [-0.3, -0.25) is 19.7 Å². The van der Waals surface area contributed by atoms with Crippen molar-refractivity contribution in [1.82, 2.24) is 19.8 Å². The van der Waals surface area contributed by atoms with Crippen molar-refractivity contribution in [2.75, 3.05) is 19.6 Å². The van der Waals surface area contributed by atoms with E-state index in [0.717, 1.165) is 51.0 Å². The maximum Gasteiger partial charge on any atom is 0.249 e. The second-order valence-electron chi connectivity index (χ2n) is 7.54. The molecule has 1 saturated carbocycles. The lowest BCUT2D eigenvalue weighted by molar-refractivity contribution is -0.145. The maximum atomic E-state index is 13.6. The van der Waals surface area contributed by atoms with E-state index in [1.165, 1.54) is 32.1 Å². The third-order valence-corrected chi connectivity index (χ3v) is 6.18. The van der Waals surface area contributed by atoms with Gasteiger partial charge >= 0.3 is 0 Å². The normalized spacial score (nSPS) is 29.2. The summed E-state index contributed by atoms with van der Waals surface area (Å²) < 4.78 is 0. The molecule has 2 aliphatic heterocycles. The molecule has 1 amide bonds. The minimum absolute atomic E-state index is 0.281. The van der Waals surface area contributed by atoms with Crippen LogP contribution < -0.4 is 0 Å². The van der Waals surface area contributed by atoms with Crippen molar-refractivity contribution in [3.05, 3.63) is 24.3 Å². The topological polar surface area (TPSA) is 49.3 Å². The van der Waals surface area contributed by atoms with Crippen LogP contribution in [0.15, 0.2) is 18.6 Å². The highest BCUT2D eigenvalue weighted by Gasteiger charge is 2.54. The first-order chi connectivity index (χ1) is 11.8. The molecule has 24 heavy (non-hydrogen) atoms. The van der Waals surface area contributed by atoms with Gasteiger partial charge < -0.3 is 4.90 Å². The summed E-state index contributed by atoms with van der Waals surface area (Å²) in [5, 5.41) is 0. The second-order valence-corrected chi connectivity index (χ2v) is 7.54. The van der Waals surface area contributed by atoms with Crippen LogP contribution >= 0.6 is 0 Å². The van der Waals surface area contributed by atoms with Gasteiger partial charge in [0.2, 0.25) is 5.91 Å². The van der Waals surface area contributed by atoms with E-state index in [9.17, 15) is 4.79 Å². The van der Waals surface area contributed by atoms with Gasteiger partial charge in [0.25, 0.3) is 0 Å². The van der Waals surface area contributed by atoms with Crippen LogP contribution in [0.25, 0.3) is 0 Å². The molecule has 0 spiro atoms. The number of hydrogen-bond acceptors (Lipinski definition) is 4. The van der Waals surface area contributed by atoms with Crippen LogP contribution in [0, 0.1) is 0 Å². The standard InChI is InChI=1S/C19H28N4O/c24-18(22-12-4-5-13-22)19(17-15-20-10-11-21-17)9-6-14-23(19)16-7-2-1-3-8-16/h10-11,15-16H,1-9,12-14H2. The molecule has 3 aliphatic rings. The molecule has 2 saturated heterocycles. The Bertz CT molecular complexity index is 566. The number of carbonyl (C=O) groups excluding carboxylic acids is 1. The van der Waals surface area contributed by atoms with Crippen molar-refractivity contribution >= 4 is 5.91 Å². The maximum absolute atomic E-state index is 13.6. The zero-order valence-electron chi connectivity index (χ0n) is 14.5. The molecule has 0 N–H and O–H groups in total. The van der Waals surface area contributed by atoms with Crippen molar-refractivity contribution < 1.29 is 4.79 Å². The first kappa shape index (κ1) is 16.0. The molecule has 0 aromatic carbocycles. The van der Waals surface area contributed by atoms with E-state index < -0.39 is 5.54 Å². The monoisotopic (exact) mass is 328 g/mol. The van der Waals surface area contributed by atoms with Gasteiger partial charge in [-0.15, -0.1) is 0 Å². The molecule has 4 rings (SSSR count). The highest BCUT2D eigenvalue weighted by Crippen LogP contribution is 2.43. The Morgan fingerprint density at radius 2 is 1.79 bits per heavy atom. The number of carbonyl (C=O) groups is 1. The molecule has 1 aliphatic carbocycles. The van der Waals surface area contributed by atoms with E-state index in [1.807, 2.05) is 6.20 Å². The zero-order valence-corrected chi connectivity index (χ0v) is 14.5. The fourth-order valence-electron chi connectivity index (χ4n) is 5.04. The van der Waals surface area contributed by atoms with E-state index in [-0.39, 0.29) is 5.91 Å². The van der Waals surface area contributed by atoms with Crippen molar-refractivity contribution in [2.24, 2.45) is 0 Å². The lowest BCUT2D eigenvalue weighted by atomic mass is 9.86. The predicted molar refractivity (Wildman–Crippen MR) is 92.3 cm³/mol. The average Bonchev–Trinajstić information content (AvgIpc) is 3.33. The van der Waals surface area contributed by atoms with Gasteiger partial charge in [0.15, 0.2) is 0 Å². The highest BCUT2D eigenvalue weighted by atomic mass is 16.2. The minimum Gasteiger partial charge on any atom is -0.341 e. The summed E-state index contributed by atoms with van der Waals surface area (Å²) in [4.78, 5) is 27.2. The molecular weight excluding hydrogens is 300 g/mol. The van der Waals surface area contributed by atoms with Gasteiger partial charge in [0.1, 0.15) is 5.54 Å². The summed E-state index contributed by atoms with van der Waals surface area (Å²) in [6.07, 6.45) is 15.8. The molecule has 5 nitrogen and oxygen atoms in total. The minimum atomic E-state index is -0.569. The fourth-order valence-corrected chi connectivity index (χ4v) is 5.04. The third-order valence-electron chi connectivity index (χ3n) is 6.18. The van der Waals surface area contributed by atoms with Gasteiger partial charge in [-0.2, -0.15) is 0 Å². The molecular formula is C19H28N4O. The second kappa shape index (κ2) is 6.79. The van der Waals surface area contributed by atoms with Crippen molar-refractivity contribution in [2.45, 2.75) is 69.4 Å². The van der Waals surface area contributed by atoms with Gasteiger partial charge in [-0.05, 0) is 45.1 Å². The number of amides is 1. The summed E-state index contributed by atoms with van der Waals surface area (Å²) in [5.74, 6) is 0.281. The number of likely N-dealkylation sites (tertiary alicyclic amines) is 2. The quantitative estimate of drug-likeness (QED) is 0.856. The van der Waals surface area contributed by atoms with E-state index in [1.54, 1.807) is 12.4 Å². The van der Waals surface area contributed by atoms with E-state index in [4.69, 9.17) is 0 Å². The molecule has 1 unspecified atom stereocenters. The molecule has 5 heteroatoms. The molecule has 1 aromatic heterocycles. The van der Waals surface area contributed by atoms with Crippen LogP contribution in [-0.4, -0.2) is 51.4 Å². The number of aromatic nitrogens is 2. The van der Waals surface area contributed by atoms with Gasteiger partial charge in [-0.25, -0.2) is 0 Å². The van der Waals surface area contributed by atoms with Crippen LogP contribution in [0.1, 0.15) is 63.5 Å². The van der Waals surface area contributed by atoms with Gasteiger partial charge in [0, 0.05) is 31.5 Å². The first-order valence-electron chi connectivity index (χ1n) is 9.65. The Morgan fingerprint density at radius 1 is 1.00 bits per heavy atom. The molecule has 3 heterocycles. The Morgan fingerprint density at radius 3 is 2.50 bits per heavy atom. The molecule has 3 fully saturated rings. The summed E-state index contributed by atoms with van der Waals surface area (Å²) in [6.45, 7) is 2.82.